The van der Waals surface area contributed by atoms with Crippen LogP contribution in [0.25, 0.3) is 11.3 Å². The molecule has 1 aliphatic carbocycles. The Morgan fingerprint density at radius 1 is 1.17 bits per heavy atom. The molecule has 36 heavy (non-hydrogen) atoms. The van der Waals surface area contributed by atoms with Gasteiger partial charge < -0.3 is 15.2 Å². The monoisotopic (exact) mass is 486 g/mol. The van der Waals surface area contributed by atoms with Gasteiger partial charge in [0.25, 0.3) is 5.91 Å². The molecular formula is C26H26N6O4. The third-order valence-corrected chi connectivity index (χ3v) is 5.18. The van der Waals surface area contributed by atoms with Crippen LogP contribution in [0, 0.1) is 11.3 Å². The minimum absolute atomic E-state index is 0.214. The number of hydrogen-bond donors (Lipinski definition) is 1. The van der Waals surface area contributed by atoms with E-state index in [9.17, 15) is 14.9 Å². The maximum atomic E-state index is 13.4. The van der Waals surface area contributed by atoms with Gasteiger partial charge in [-0.15, -0.1) is 0 Å². The van der Waals surface area contributed by atoms with Crippen molar-refractivity contribution in [1.29, 1.82) is 5.26 Å². The van der Waals surface area contributed by atoms with Crippen LogP contribution in [-0.2, 0) is 9.53 Å². The van der Waals surface area contributed by atoms with Gasteiger partial charge in [-0.05, 0) is 75.4 Å². The fourth-order valence-electron chi connectivity index (χ4n) is 3.47. The zero-order valence-corrected chi connectivity index (χ0v) is 20.3. The number of aromatic nitrogens is 3. The van der Waals surface area contributed by atoms with E-state index in [1.54, 1.807) is 39.1 Å². The molecule has 2 amide bonds. The summed E-state index contributed by atoms with van der Waals surface area (Å²) in [5.74, 6) is 0.614. The molecule has 0 bridgehead atoms. The number of carbonyl (C=O) groups excluding carboxylic acids is 2. The zero-order valence-electron chi connectivity index (χ0n) is 20.3. The Balaban J connectivity index is 1.82. The molecule has 184 valence electrons. The van der Waals surface area contributed by atoms with Gasteiger partial charge in [0.15, 0.2) is 6.61 Å². The summed E-state index contributed by atoms with van der Waals surface area (Å²) in [7, 11) is 0. The number of nitrogens with zero attached hydrogens (tertiary/aromatic N) is 5. The van der Waals surface area contributed by atoms with E-state index in [1.165, 1.54) is 23.4 Å². The molecule has 1 saturated carbocycles. The average Bonchev–Trinajstić information content (AvgIpc) is 3.68. The van der Waals surface area contributed by atoms with Gasteiger partial charge in [0.1, 0.15) is 23.0 Å². The number of ether oxygens (including phenoxy) is 2. The van der Waals surface area contributed by atoms with Crippen molar-refractivity contribution in [1.82, 2.24) is 15.0 Å². The van der Waals surface area contributed by atoms with Gasteiger partial charge in [-0.25, -0.2) is 19.7 Å². The second-order valence-electron chi connectivity index (χ2n) is 9.41. The molecule has 0 saturated heterocycles. The lowest BCUT2D eigenvalue weighted by Crippen LogP contribution is -2.35. The van der Waals surface area contributed by atoms with Crippen LogP contribution in [0.4, 0.5) is 16.4 Å². The van der Waals surface area contributed by atoms with E-state index in [4.69, 9.17) is 20.2 Å². The van der Waals surface area contributed by atoms with Crippen LogP contribution >= 0.6 is 0 Å². The number of rotatable bonds is 7. The Bertz CT molecular complexity index is 1340. The predicted octanol–water partition coefficient (Wildman–Crippen LogP) is 4.22. The van der Waals surface area contributed by atoms with Gasteiger partial charge in [-0.3, -0.25) is 9.78 Å². The summed E-state index contributed by atoms with van der Waals surface area (Å²) in [6.07, 6.45) is 5.93. The second-order valence-corrected chi connectivity index (χ2v) is 9.41. The minimum Gasteiger partial charge on any atom is -0.482 e. The SMILES string of the molecule is CC(C)(C)OC(=O)N(c1cc(C#N)ccn1)c1cc(C2CC2)cc(-c2cncc(OCC(N)=O)c2)n1. The van der Waals surface area contributed by atoms with E-state index < -0.39 is 17.6 Å². The van der Waals surface area contributed by atoms with Gasteiger partial charge in [-0.1, -0.05) is 0 Å². The Labute approximate surface area is 208 Å². The molecule has 2 N–H and O–H groups in total. The topological polar surface area (TPSA) is 144 Å². The highest BCUT2D eigenvalue weighted by Gasteiger charge is 2.30. The molecule has 3 heterocycles. The van der Waals surface area contributed by atoms with Crippen molar-refractivity contribution >= 4 is 23.6 Å². The second kappa shape index (κ2) is 10.00. The molecule has 10 nitrogen and oxygen atoms in total. The Morgan fingerprint density at radius 2 is 1.94 bits per heavy atom. The number of hydrogen-bond acceptors (Lipinski definition) is 8. The summed E-state index contributed by atoms with van der Waals surface area (Å²) in [5, 5.41) is 9.39. The first-order valence-corrected chi connectivity index (χ1v) is 11.4. The highest BCUT2D eigenvalue weighted by atomic mass is 16.6. The van der Waals surface area contributed by atoms with Crippen LogP contribution in [0.15, 0.2) is 48.9 Å². The zero-order chi connectivity index (χ0) is 25.9. The Kier molecular flexibility index (Phi) is 6.83. The molecule has 3 aromatic heterocycles. The van der Waals surface area contributed by atoms with Crippen molar-refractivity contribution in [3.63, 3.8) is 0 Å². The Morgan fingerprint density at radius 3 is 2.61 bits per heavy atom. The first-order valence-electron chi connectivity index (χ1n) is 11.4. The number of pyridine rings is 3. The molecule has 0 aliphatic heterocycles. The van der Waals surface area contributed by atoms with Crippen LogP contribution in [0.3, 0.4) is 0 Å². The van der Waals surface area contributed by atoms with Crippen molar-refractivity contribution in [2.24, 2.45) is 5.73 Å². The van der Waals surface area contributed by atoms with Crippen LogP contribution < -0.4 is 15.4 Å². The van der Waals surface area contributed by atoms with E-state index in [0.717, 1.165) is 18.4 Å². The van der Waals surface area contributed by atoms with Gasteiger partial charge >= 0.3 is 6.09 Å². The molecule has 0 aromatic carbocycles. The number of nitrogens with two attached hydrogens (primary N) is 1. The maximum absolute atomic E-state index is 13.4. The lowest BCUT2D eigenvalue weighted by molar-refractivity contribution is -0.119. The third kappa shape index (κ3) is 6.13. The van der Waals surface area contributed by atoms with E-state index in [1.807, 2.05) is 12.1 Å². The van der Waals surface area contributed by atoms with Crippen molar-refractivity contribution in [3.05, 3.63) is 60.0 Å². The minimum atomic E-state index is -0.769. The number of primary amides is 1. The highest BCUT2D eigenvalue weighted by Crippen LogP contribution is 2.43. The molecule has 0 atom stereocenters. The van der Waals surface area contributed by atoms with E-state index in [-0.39, 0.29) is 12.4 Å². The van der Waals surface area contributed by atoms with Crippen LogP contribution in [0.1, 0.15) is 50.7 Å². The molecule has 0 radical (unpaired) electrons. The fraction of sp³-hybridized carbons (Fsp3) is 0.308. The van der Waals surface area contributed by atoms with Crippen molar-refractivity contribution in [3.8, 4) is 23.1 Å². The standard InChI is InChI=1S/C26H26N6O4/c1-26(2,3)36-25(34)32(23-8-16(12-27)6-7-30-23)24-11-18(17-4-5-17)10-21(31-24)19-9-20(14-29-13-19)35-15-22(28)33/h6-11,13-14,17H,4-5,15H2,1-3H3,(H2,28,33). The number of amides is 2. The average molecular weight is 487 g/mol. The summed E-state index contributed by atoms with van der Waals surface area (Å²) in [6.45, 7) is 5.03. The summed E-state index contributed by atoms with van der Waals surface area (Å²) in [5.41, 5.74) is 6.94. The van der Waals surface area contributed by atoms with Gasteiger partial charge in [-0.2, -0.15) is 5.26 Å². The predicted molar refractivity (Wildman–Crippen MR) is 131 cm³/mol. The molecule has 0 unspecified atom stereocenters. The van der Waals surface area contributed by atoms with Gasteiger partial charge in [0, 0.05) is 18.0 Å². The van der Waals surface area contributed by atoms with E-state index in [0.29, 0.717) is 34.3 Å². The van der Waals surface area contributed by atoms with Crippen LogP contribution in [-0.4, -0.2) is 39.2 Å². The van der Waals surface area contributed by atoms with Crippen LogP contribution in [0.2, 0.25) is 0 Å². The normalized spacial score (nSPS) is 12.9. The van der Waals surface area contributed by atoms with Crippen LogP contribution in [0.5, 0.6) is 5.75 Å². The van der Waals surface area contributed by atoms with E-state index in [2.05, 4.69) is 16.0 Å². The molecule has 4 rings (SSSR count). The highest BCUT2D eigenvalue weighted by molar-refractivity contribution is 5.94. The third-order valence-electron chi connectivity index (χ3n) is 5.18. The van der Waals surface area contributed by atoms with Crippen molar-refractivity contribution < 1.29 is 19.1 Å². The van der Waals surface area contributed by atoms with Gasteiger partial charge in [0.2, 0.25) is 0 Å². The lowest BCUT2D eigenvalue weighted by atomic mass is 10.1. The molecule has 3 aromatic rings. The summed E-state index contributed by atoms with van der Waals surface area (Å²) >= 11 is 0. The quantitative estimate of drug-likeness (QED) is 0.522. The number of carbonyl (C=O) groups is 2. The molecule has 0 spiro atoms. The maximum Gasteiger partial charge on any atom is 0.421 e. The lowest BCUT2D eigenvalue weighted by Gasteiger charge is -2.27. The van der Waals surface area contributed by atoms with Gasteiger partial charge in [0.05, 0.1) is 23.5 Å². The van der Waals surface area contributed by atoms with E-state index >= 15 is 0 Å². The Hall–Kier alpha value is -4.52. The molecule has 10 heteroatoms. The summed E-state index contributed by atoms with van der Waals surface area (Å²) in [4.78, 5) is 39.0. The smallest absolute Gasteiger partial charge is 0.421 e. The number of anilines is 2. The first kappa shape index (κ1) is 24.6. The van der Waals surface area contributed by atoms with Crippen molar-refractivity contribution in [2.45, 2.75) is 45.1 Å². The molecule has 1 aliphatic rings. The fourth-order valence-corrected chi connectivity index (χ4v) is 3.47. The molecule has 1 fully saturated rings. The number of nitriles is 1. The first-order chi connectivity index (χ1) is 17.1. The summed E-state index contributed by atoms with van der Waals surface area (Å²) < 4.78 is 11.1. The summed E-state index contributed by atoms with van der Waals surface area (Å²) in [6, 6.07) is 10.6. The molecular weight excluding hydrogens is 460 g/mol. The largest absolute Gasteiger partial charge is 0.482 e. The van der Waals surface area contributed by atoms with Crippen molar-refractivity contribution in [2.75, 3.05) is 11.5 Å².